The van der Waals surface area contributed by atoms with Gasteiger partial charge in [-0.3, -0.25) is 9.69 Å². The van der Waals surface area contributed by atoms with Gasteiger partial charge in [0.15, 0.2) is 17.3 Å². The number of Topliss-reactive ketones (excluding diaryl/α,β-unsaturated/α-hetero) is 1. The van der Waals surface area contributed by atoms with Crippen molar-refractivity contribution in [1.29, 1.82) is 0 Å². The molecule has 1 saturated heterocycles. The Hall–Kier alpha value is -3.98. The molecule has 2 aliphatic heterocycles. The van der Waals surface area contributed by atoms with Crippen LogP contribution in [0.4, 0.5) is 0 Å². The lowest BCUT2D eigenvalue weighted by molar-refractivity contribution is 0.0826. The summed E-state index contributed by atoms with van der Waals surface area (Å²) in [6, 6.07) is 15.2. The molecule has 0 atom stereocenters. The van der Waals surface area contributed by atoms with Gasteiger partial charge in [0.2, 0.25) is 5.89 Å². The van der Waals surface area contributed by atoms with Crippen molar-refractivity contribution < 1.29 is 23.2 Å². The van der Waals surface area contributed by atoms with E-state index in [4.69, 9.17) is 18.4 Å². The van der Waals surface area contributed by atoms with Crippen molar-refractivity contribution >= 4 is 5.78 Å². The molecule has 0 N–H and O–H groups in total. The maximum Gasteiger partial charge on any atom is 0.253 e. The zero-order valence-electron chi connectivity index (χ0n) is 20.0. The molecule has 1 fully saturated rings. The number of likely N-dealkylation sites (tertiary alicyclic amines) is 1. The first kappa shape index (κ1) is 22.5. The quantitative estimate of drug-likeness (QED) is 0.363. The lowest BCUT2D eigenvalue weighted by Crippen LogP contribution is -2.36. The fraction of sp³-hybridized carbons (Fsp3) is 0.333. The number of fused-ring (bicyclic) bond motifs is 1. The first-order valence-electron chi connectivity index (χ1n) is 12.2. The summed E-state index contributed by atoms with van der Waals surface area (Å²) in [5.74, 6) is 3.03. The molecule has 2 aromatic heterocycles. The number of hydrogen-bond acceptors (Lipinski definition) is 9. The number of nitrogens with zero attached hydrogens (tertiary/aromatic N) is 4. The number of ether oxygens (including phenoxy) is 2. The van der Waals surface area contributed by atoms with Crippen LogP contribution in [0.5, 0.6) is 11.5 Å². The van der Waals surface area contributed by atoms with Crippen LogP contribution in [0, 0.1) is 12.8 Å². The molecule has 2 aromatic carbocycles. The van der Waals surface area contributed by atoms with Gasteiger partial charge in [0, 0.05) is 17.0 Å². The molecule has 0 spiro atoms. The normalized spacial score (nSPS) is 16.2. The molecule has 4 heterocycles. The molecule has 0 saturated carbocycles. The second kappa shape index (κ2) is 9.58. The molecule has 6 rings (SSSR count). The third-order valence-electron chi connectivity index (χ3n) is 6.73. The molecule has 9 heteroatoms. The molecule has 0 radical (unpaired) electrons. The second-order valence-electron chi connectivity index (χ2n) is 9.10. The van der Waals surface area contributed by atoms with E-state index in [0.717, 1.165) is 31.5 Å². The van der Waals surface area contributed by atoms with Crippen LogP contribution in [0.2, 0.25) is 0 Å². The maximum atomic E-state index is 13.1. The zero-order chi connectivity index (χ0) is 24.5. The highest BCUT2D eigenvalue weighted by Gasteiger charge is 2.28. The van der Waals surface area contributed by atoms with Crippen LogP contribution >= 0.6 is 0 Å². The highest BCUT2D eigenvalue weighted by atomic mass is 16.6. The van der Waals surface area contributed by atoms with Crippen LogP contribution in [-0.2, 0) is 6.54 Å². The summed E-state index contributed by atoms with van der Waals surface area (Å²) in [5, 5.41) is 12.7. The van der Waals surface area contributed by atoms with E-state index in [1.165, 1.54) is 0 Å². The SMILES string of the molecule is Cc1onc(-c2ccccc2)c1-c1nnc(CN2CCC(C(=O)c3ccc4c(c3)OCCO4)CC2)o1. The average molecular weight is 487 g/mol. The molecule has 184 valence electrons. The van der Waals surface area contributed by atoms with E-state index in [9.17, 15) is 4.79 Å². The van der Waals surface area contributed by atoms with Gasteiger partial charge in [0.1, 0.15) is 30.2 Å². The third kappa shape index (κ3) is 4.37. The summed E-state index contributed by atoms with van der Waals surface area (Å²) < 4.78 is 22.6. The molecule has 0 aliphatic carbocycles. The highest BCUT2D eigenvalue weighted by Crippen LogP contribution is 2.34. The topological polar surface area (TPSA) is 104 Å². The number of ketones is 1. The van der Waals surface area contributed by atoms with Crippen LogP contribution in [0.25, 0.3) is 22.7 Å². The Kier molecular flexibility index (Phi) is 5.98. The molecule has 0 amide bonds. The zero-order valence-corrected chi connectivity index (χ0v) is 20.0. The number of carbonyl (C=O) groups is 1. The molecule has 0 unspecified atom stereocenters. The van der Waals surface area contributed by atoms with Crippen molar-refractivity contribution in [2.45, 2.75) is 26.3 Å². The number of carbonyl (C=O) groups excluding carboxylic acids is 1. The minimum atomic E-state index is -0.0184. The molecular formula is C27H26N4O5. The summed E-state index contributed by atoms with van der Waals surface area (Å²) in [6.45, 7) is 4.96. The van der Waals surface area contributed by atoms with E-state index in [-0.39, 0.29) is 11.7 Å². The lowest BCUT2D eigenvalue weighted by Gasteiger charge is -2.30. The van der Waals surface area contributed by atoms with Crippen LogP contribution in [-0.4, -0.2) is 52.3 Å². The van der Waals surface area contributed by atoms with Crippen molar-refractivity contribution in [3.63, 3.8) is 0 Å². The predicted molar refractivity (Wildman–Crippen MR) is 130 cm³/mol. The number of benzene rings is 2. The van der Waals surface area contributed by atoms with Gasteiger partial charge in [-0.1, -0.05) is 35.5 Å². The number of aryl methyl sites for hydroxylation is 1. The Morgan fingerprint density at radius 3 is 2.58 bits per heavy atom. The number of hydrogen-bond donors (Lipinski definition) is 0. The van der Waals surface area contributed by atoms with Gasteiger partial charge in [0.25, 0.3) is 5.89 Å². The van der Waals surface area contributed by atoms with Gasteiger partial charge in [0.05, 0.1) is 6.54 Å². The van der Waals surface area contributed by atoms with E-state index in [0.29, 0.717) is 65.6 Å². The van der Waals surface area contributed by atoms with Crippen LogP contribution in [0.3, 0.4) is 0 Å². The summed E-state index contributed by atoms with van der Waals surface area (Å²) in [7, 11) is 0. The summed E-state index contributed by atoms with van der Waals surface area (Å²) >= 11 is 0. The fourth-order valence-corrected chi connectivity index (χ4v) is 4.81. The van der Waals surface area contributed by atoms with E-state index >= 15 is 0 Å². The smallest absolute Gasteiger partial charge is 0.253 e. The van der Waals surface area contributed by atoms with Crippen LogP contribution < -0.4 is 9.47 Å². The van der Waals surface area contributed by atoms with E-state index < -0.39 is 0 Å². The molecule has 4 aromatic rings. The number of rotatable bonds is 6. The Morgan fingerprint density at radius 2 is 1.78 bits per heavy atom. The van der Waals surface area contributed by atoms with Gasteiger partial charge in [-0.2, -0.15) is 0 Å². The van der Waals surface area contributed by atoms with Crippen molar-refractivity contribution in [1.82, 2.24) is 20.3 Å². The van der Waals surface area contributed by atoms with Gasteiger partial charge in [-0.15, -0.1) is 10.2 Å². The maximum absolute atomic E-state index is 13.1. The Labute approximate surface area is 208 Å². The number of aromatic nitrogens is 3. The van der Waals surface area contributed by atoms with Crippen LogP contribution in [0.1, 0.15) is 34.9 Å². The van der Waals surface area contributed by atoms with E-state index in [1.54, 1.807) is 6.07 Å². The third-order valence-corrected chi connectivity index (χ3v) is 6.73. The monoisotopic (exact) mass is 486 g/mol. The standard InChI is InChI=1S/C27H26N4O5/c1-17-24(25(30-36-17)18-5-3-2-4-6-18)27-29-28-23(35-27)16-31-11-9-19(10-12-31)26(32)20-7-8-21-22(15-20)34-14-13-33-21/h2-8,15,19H,9-14,16H2,1H3. The molecule has 0 bridgehead atoms. The first-order valence-corrected chi connectivity index (χ1v) is 12.2. The molecule has 9 nitrogen and oxygen atoms in total. The minimum absolute atomic E-state index is 0.0184. The largest absolute Gasteiger partial charge is 0.486 e. The van der Waals surface area contributed by atoms with Gasteiger partial charge >= 0.3 is 0 Å². The molecular weight excluding hydrogens is 460 g/mol. The number of piperidine rings is 1. The summed E-state index contributed by atoms with van der Waals surface area (Å²) in [4.78, 5) is 15.3. The fourth-order valence-electron chi connectivity index (χ4n) is 4.81. The van der Waals surface area contributed by atoms with Crippen LogP contribution in [0.15, 0.2) is 57.5 Å². The summed E-state index contributed by atoms with van der Waals surface area (Å²) in [5.41, 5.74) is 3.00. The van der Waals surface area contributed by atoms with Crippen molar-refractivity contribution in [3.8, 4) is 34.2 Å². The average Bonchev–Trinajstić information content (AvgIpc) is 3.55. The minimum Gasteiger partial charge on any atom is -0.486 e. The molecule has 2 aliphatic rings. The lowest BCUT2D eigenvalue weighted by atomic mass is 9.88. The Morgan fingerprint density at radius 1 is 1.00 bits per heavy atom. The second-order valence-corrected chi connectivity index (χ2v) is 9.10. The van der Waals surface area contributed by atoms with Crippen molar-refractivity contribution in [2.75, 3.05) is 26.3 Å². The summed E-state index contributed by atoms with van der Waals surface area (Å²) in [6.07, 6.45) is 1.55. The molecule has 36 heavy (non-hydrogen) atoms. The Bertz CT molecular complexity index is 1370. The highest BCUT2D eigenvalue weighted by molar-refractivity contribution is 5.98. The van der Waals surface area contributed by atoms with Crippen molar-refractivity contribution in [3.05, 3.63) is 65.7 Å². The van der Waals surface area contributed by atoms with E-state index in [2.05, 4.69) is 20.3 Å². The van der Waals surface area contributed by atoms with Gasteiger partial charge < -0.3 is 18.4 Å². The van der Waals surface area contributed by atoms with E-state index in [1.807, 2.05) is 49.4 Å². The van der Waals surface area contributed by atoms with Gasteiger partial charge in [-0.05, 0) is 51.1 Å². The van der Waals surface area contributed by atoms with Crippen molar-refractivity contribution in [2.24, 2.45) is 5.92 Å². The predicted octanol–water partition coefficient (Wildman–Crippen LogP) is 4.57. The first-order chi connectivity index (χ1) is 17.7. The Balaban J connectivity index is 1.09. The van der Waals surface area contributed by atoms with Gasteiger partial charge in [-0.25, -0.2) is 0 Å².